The van der Waals surface area contributed by atoms with Crippen LogP contribution in [0, 0.1) is 0 Å². The van der Waals surface area contributed by atoms with E-state index in [0.29, 0.717) is 18.8 Å². The van der Waals surface area contributed by atoms with Crippen LogP contribution < -0.4 is 16.1 Å². The molecule has 0 saturated carbocycles. The largest absolute Gasteiger partial charge is 0.355 e. The van der Waals surface area contributed by atoms with Gasteiger partial charge in [-0.3, -0.25) is 23.6 Å². The fraction of sp³-hybridized carbons (Fsp3) is 0.643. The molecule has 0 amide bonds. The minimum absolute atomic E-state index is 0.0537. The summed E-state index contributed by atoms with van der Waals surface area (Å²) in [6, 6.07) is 1.49. The number of rotatable bonds is 5. The maximum absolute atomic E-state index is 12.0. The molecule has 1 aromatic heterocycles. The summed E-state index contributed by atoms with van der Waals surface area (Å²) >= 11 is 5.49. The van der Waals surface area contributed by atoms with Crippen molar-refractivity contribution in [2.45, 2.75) is 6.42 Å². The van der Waals surface area contributed by atoms with Gasteiger partial charge in [-0.05, 0) is 0 Å². The average Bonchev–Trinajstić information content (AvgIpc) is 2.54. The maximum Gasteiger partial charge on any atom is 0.332 e. The second-order valence-electron chi connectivity index (χ2n) is 5.49. The number of hydrogen-bond donors (Lipinski definition) is 0. The molecule has 0 spiro atoms. The molecule has 1 aliphatic rings. The number of anilines is 1. The fourth-order valence-corrected chi connectivity index (χ4v) is 2.71. The van der Waals surface area contributed by atoms with Crippen LogP contribution in [0.1, 0.15) is 6.42 Å². The number of ketones is 1. The molecule has 0 unspecified atom stereocenters. The molecule has 0 bridgehead atoms. The standard InChI is InChI=1S/C14H21ClN4O3/c1-16-12(9-13(21)17(2)14(16)22)19-7-5-18(6-8-19)4-3-11(20)10-15/h9H,3-8,10H2,1-2H3. The van der Waals surface area contributed by atoms with E-state index in [1.54, 1.807) is 7.05 Å². The van der Waals surface area contributed by atoms with E-state index in [-0.39, 0.29) is 22.9 Å². The Hall–Kier alpha value is -1.60. The van der Waals surface area contributed by atoms with Crippen LogP contribution in [0.25, 0.3) is 0 Å². The van der Waals surface area contributed by atoms with Gasteiger partial charge in [-0.15, -0.1) is 11.6 Å². The van der Waals surface area contributed by atoms with E-state index >= 15 is 0 Å². The smallest absolute Gasteiger partial charge is 0.332 e. The van der Waals surface area contributed by atoms with Gasteiger partial charge in [0.05, 0.1) is 5.88 Å². The minimum atomic E-state index is -0.322. The summed E-state index contributed by atoms with van der Waals surface area (Å²) in [4.78, 5) is 39.2. The molecule has 2 rings (SSSR count). The lowest BCUT2D eigenvalue weighted by molar-refractivity contribution is -0.117. The molecule has 2 heterocycles. The molecule has 7 nitrogen and oxygen atoms in total. The van der Waals surface area contributed by atoms with Crippen LogP contribution in [0.15, 0.2) is 15.7 Å². The molecule has 1 aliphatic heterocycles. The minimum Gasteiger partial charge on any atom is -0.355 e. The first-order chi connectivity index (χ1) is 10.4. The Morgan fingerprint density at radius 3 is 2.36 bits per heavy atom. The number of nitrogens with zero attached hydrogens (tertiary/aromatic N) is 4. The number of hydrogen-bond acceptors (Lipinski definition) is 5. The number of Topliss-reactive ketones (excluding diaryl/α,β-unsaturated/α-hetero) is 1. The zero-order valence-electron chi connectivity index (χ0n) is 12.9. The number of carbonyl (C=O) groups excluding carboxylic acids is 1. The predicted molar refractivity (Wildman–Crippen MR) is 85.9 cm³/mol. The van der Waals surface area contributed by atoms with Crippen LogP contribution in [-0.4, -0.2) is 58.4 Å². The number of aromatic nitrogens is 2. The molecule has 0 radical (unpaired) electrons. The van der Waals surface area contributed by atoms with E-state index in [1.165, 1.54) is 17.7 Å². The SMILES string of the molecule is Cn1c(N2CCN(CCC(=O)CCl)CC2)cc(=O)n(C)c1=O. The predicted octanol–water partition coefficient (Wildman–Crippen LogP) is -0.596. The van der Waals surface area contributed by atoms with Gasteiger partial charge in [0.2, 0.25) is 0 Å². The van der Waals surface area contributed by atoms with Crippen molar-refractivity contribution in [1.82, 2.24) is 14.0 Å². The van der Waals surface area contributed by atoms with Gasteiger partial charge in [0, 0.05) is 59.3 Å². The second-order valence-corrected chi connectivity index (χ2v) is 5.76. The van der Waals surface area contributed by atoms with Crippen LogP contribution >= 0.6 is 11.6 Å². The Labute approximate surface area is 133 Å². The van der Waals surface area contributed by atoms with E-state index in [2.05, 4.69) is 4.90 Å². The summed E-state index contributed by atoms with van der Waals surface area (Å²) in [5, 5.41) is 0. The highest BCUT2D eigenvalue weighted by atomic mass is 35.5. The second kappa shape index (κ2) is 7.11. The summed E-state index contributed by atoms with van der Waals surface area (Å²) in [7, 11) is 3.14. The molecule has 1 aromatic rings. The normalized spacial score (nSPS) is 16.0. The summed E-state index contributed by atoms with van der Waals surface area (Å²) in [5.41, 5.74) is -0.620. The van der Waals surface area contributed by atoms with Gasteiger partial charge in [0.15, 0.2) is 0 Å². The van der Waals surface area contributed by atoms with Crippen molar-refractivity contribution in [3.8, 4) is 0 Å². The van der Waals surface area contributed by atoms with Crippen molar-refractivity contribution in [2.75, 3.05) is 43.5 Å². The average molecular weight is 329 g/mol. The lowest BCUT2D eigenvalue weighted by Gasteiger charge is -2.36. The topological polar surface area (TPSA) is 67.5 Å². The van der Waals surface area contributed by atoms with Crippen molar-refractivity contribution < 1.29 is 4.79 Å². The Morgan fingerprint density at radius 2 is 1.77 bits per heavy atom. The lowest BCUT2D eigenvalue weighted by Crippen LogP contribution is -2.49. The number of halogens is 1. The summed E-state index contributed by atoms with van der Waals surface area (Å²) in [5.74, 6) is 0.762. The fourth-order valence-electron chi connectivity index (χ4n) is 2.57. The molecule has 22 heavy (non-hydrogen) atoms. The highest BCUT2D eigenvalue weighted by Crippen LogP contribution is 2.12. The first-order valence-corrected chi connectivity index (χ1v) is 7.79. The van der Waals surface area contributed by atoms with Crippen molar-refractivity contribution in [3.63, 3.8) is 0 Å². The maximum atomic E-state index is 12.0. The van der Waals surface area contributed by atoms with Crippen LogP contribution in [0.3, 0.4) is 0 Å². The first kappa shape index (κ1) is 16.8. The molecule has 1 fully saturated rings. The summed E-state index contributed by atoms with van der Waals surface area (Å²) in [6.07, 6.45) is 0.466. The molecule has 0 N–H and O–H groups in total. The monoisotopic (exact) mass is 328 g/mol. The Bertz CT molecular complexity index is 659. The Kier molecular flexibility index (Phi) is 5.42. The third-order valence-corrected chi connectivity index (χ3v) is 4.35. The summed E-state index contributed by atoms with van der Waals surface area (Å²) < 4.78 is 2.59. The van der Waals surface area contributed by atoms with E-state index in [9.17, 15) is 14.4 Å². The zero-order valence-corrected chi connectivity index (χ0v) is 13.7. The number of piperazine rings is 1. The highest BCUT2D eigenvalue weighted by molar-refractivity contribution is 6.27. The number of carbonyl (C=O) groups is 1. The molecule has 0 aliphatic carbocycles. The highest BCUT2D eigenvalue weighted by Gasteiger charge is 2.20. The molecule has 1 saturated heterocycles. The van der Waals surface area contributed by atoms with Crippen LogP contribution in [-0.2, 0) is 18.9 Å². The van der Waals surface area contributed by atoms with Crippen molar-refractivity contribution in [1.29, 1.82) is 0 Å². The van der Waals surface area contributed by atoms with Crippen molar-refractivity contribution in [3.05, 3.63) is 26.9 Å². The van der Waals surface area contributed by atoms with Gasteiger partial charge in [0.25, 0.3) is 5.56 Å². The molecular formula is C14H21ClN4O3. The Morgan fingerprint density at radius 1 is 1.14 bits per heavy atom. The quantitative estimate of drug-likeness (QED) is 0.676. The molecule has 122 valence electrons. The van der Waals surface area contributed by atoms with Crippen molar-refractivity contribution in [2.24, 2.45) is 14.1 Å². The van der Waals surface area contributed by atoms with Gasteiger partial charge in [0.1, 0.15) is 11.6 Å². The van der Waals surface area contributed by atoms with Crippen LogP contribution in [0.5, 0.6) is 0 Å². The number of alkyl halides is 1. The molecule has 0 atom stereocenters. The van der Waals surface area contributed by atoms with Crippen molar-refractivity contribution >= 4 is 23.2 Å². The van der Waals surface area contributed by atoms with Gasteiger partial charge in [-0.2, -0.15) is 0 Å². The third-order valence-electron chi connectivity index (χ3n) is 4.05. The van der Waals surface area contributed by atoms with Gasteiger partial charge < -0.3 is 4.90 Å². The third kappa shape index (κ3) is 3.59. The van der Waals surface area contributed by atoms with E-state index in [4.69, 9.17) is 11.6 Å². The van der Waals surface area contributed by atoms with Gasteiger partial charge in [-0.1, -0.05) is 0 Å². The van der Waals surface area contributed by atoms with Crippen LogP contribution in [0.4, 0.5) is 5.82 Å². The van der Waals surface area contributed by atoms with E-state index in [0.717, 1.165) is 30.7 Å². The van der Waals surface area contributed by atoms with E-state index in [1.807, 2.05) is 4.90 Å². The molecule has 8 heteroatoms. The summed E-state index contributed by atoms with van der Waals surface area (Å²) in [6.45, 7) is 3.72. The van der Waals surface area contributed by atoms with Gasteiger partial charge >= 0.3 is 5.69 Å². The first-order valence-electron chi connectivity index (χ1n) is 7.26. The zero-order chi connectivity index (χ0) is 16.3. The van der Waals surface area contributed by atoms with Crippen LogP contribution in [0.2, 0.25) is 0 Å². The Balaban J connectivity index is 2.02. The lowest BCUT2D eigenvalue weighted by atomic mass is 10.2. The van der Waals surface area contributed by atoms with E-state index < -0.39 is 0 Å². The molecule has 0 aromatic carbocycles. The molecular weight excluding hydrogens is 308 g/mol. The van der Waals surface area contributed by atoms with Gasteiger partial charge in [-0.25, -0.2) is 4.79 Å².